The Morgan fingerprint density at radius 3 is 2.18 bits per heavy atom. The van der Waals surface area contributed by atoms with Crippen molar-refractivity contribution in [2.45, 2.75) is 39.0 Å². The highest BCUT2D eigenvalue weighted by Gasteiger charge is 2.09. The van der Waals surface area contributed by atoms with Crippen LogP contribution in [0.5, 0.6) is 0 Å². The van der Waals surface area contributed by atoms with Gasteiger partial charge in [0.25, 0.3) is 0 Å². The minimum absolute atomic E-state index is 0.0782. The Morgan fingerprint density at radius 2 is 1.71 bits per heavy atom. The Kier molecular flexibility index (Phi) is 5.76. The minimum atomic E-state index is 0.0782. The minimum Gasteiger partial charge on any atom is -0.294 e. The van der Waals surface area contributed by atoms with Crippen LogP contribution in [0.25, 0.3) is 0 Å². The molecular weight excluding hydrogens is 228 g/mol. The van der Waals surface area contributed by atoms with Crippen LogP contribution in [0.1, 0.15) is 44.5 Å². The number of ketones is 1. The third-order valence-corrected chi connectivity index (χ3v) is 3.67. The second kappa shape index (κ2) is 6.85. The van der Waals surface area contributed by atoms with E-state index < -0.39 is 0 Å². The molecule has 0 aliphatic heterocycles. The molecule has 0 amide bonds. The highest BCUT2D eigenvalue weighted by Crippen LogP contribution is 2.21. The van der Waals surface area contributed by atoms with E-state index in [1.807, 2.05) is 37.7 Å². The highest BCUT2D eigenvalue weighted by atomic mass is 32.2. The average molecular weight is 250 g/mol. The summed E-state index contributed by atoms with van der Waals surface area (Å²) in [7, 11) is 0. The molecule has 0 fully saturated rings. The molecule has 17 heavy (non-hydrogen) atoms. The molecule has 0 unspecified atom stereocenters. The zero-order valence-corrected chi connectivity index (χ0v) is 12.0. The summed E-state index contributed by atoms with van der Waals surface area (Å²) in [5.74, 6) is 2.21. The van der Waals surface area contributed by atoms with Crippen molar-refractivity contribution in [3.8, 4) is 0 Å². The van der Waals surface area contributed by atoms with E-state index in [-0.39, 0.29) is 11.7 Å². The number of rotatable bonds is 6. The van der Waals surface area contributed by atoms with Gasteiger partial charge in [0.05, 0.1) is 0 Å². The number of hydrogen-bond acceptors (Lipinski definition) is 2. The first kappa shape index (κ1) is 14.3. The Bertz CT molecular complexity index is 352. The van der Waals surface area contributed by atoms with Gasteiger partial charge in [-0.05, 0) is 30.2 Å². The molecule has 1 aromatic rings. The molecule has 0 N–H and O–H groups in total. The number of carbonyl (C=O) groups excluding carboxylic acids is 1. The summed E-state index contributed by atoms with van der Waals surface area (Å²) in [5.41, 5.74) is 0.827. The van der Waals surface area contributed by atoms with Crippen molar-refractivity contribution in [1.82, 2.24) is 0 Å². The van der Waals surface area contributed by atoms with Crippen LogP contribution in [0.4, 0.5) is 0 Å². The van der Waals surface area contributed by atoms with E-state index in [4.69, 9.17) is 0 Å². The van der Waals surface area contributed by atoms with E-state index in [2.05, 4.69) is 26.0 Å². The molecule has 1 aromatic carbocycles. The second-order valence-electron chi connectivity index (χ2n) is 5.07. The SMILES string of the molecule is CC(C)CCSc1ccc(C(=O)C(C)C)cc1. The van der Waals surface area contributed by atoms with E-state index in [0.717, 1.165) is 17.2 Å². The van der Waals surface area contributed by atoms with Crippen LogP contribution < -0.4 is 0 Å². The molecule has 0 radical (unpaired) electrons. The van der Waals surface area contributed by atoms with Gasteiger partial charge in [0.15, 0.2) is 5.78 Å². The first-order valence-electron chi connectivity index (χ1n) is 6.27. The summed E-state index contributed by atoms with van der Waals surface area (Å²) in [6.07, 6.45) is 1.23. The lowest BCUT2D eigenvalue weighted by molar-refractivity contribution is 0.0939. The average Bonchev–Trinajstić information content (AvgIpc) is 2.28. The fourth-order valence-electron chi connectivity index (χ4n) is 1.46. The van der Waals surface area contributed by atoms with E-state index in [1.54, 1.807) is 0 Å². The van der Waals surface area contributed by atoms with Crippen molar-refractivity contribution in [2.75, 3.05) is 5.75 Å². The predicted octanol–water partition coefficient (Wildman–Crippen LogP) is 4.66. The second-order valence-corrected chi connectivity index (χ2v) is 6.24. The molecule has 0 saturated heterocycles. The Hall–Kier alpha value is -0.760. The molecule has 0 aromatic heterocycles. The lowest BCUT2D eigenvalue weighted by atomic mass is 10.0. The molecule has 0 spiro atoms. The zero-order chi connectivity index (χ0) is 12.8. The molecule has 1 nitrogen and oxygen atoms in total. The van der Waals surface area contributed by atoms with Crippen molar-refractivity contribution in [2.24, 2.45) is 11.8 Å². The van der Waals surface area contributed by atoms with Crippen LogP contribution in [-0.2, 0) is 0 Å². The molecule has 1 rings (SSSR count). The van der Waals surface area contributed by atoms with E-state index in [9.17, 15) is 4.79 Å². The van der Waals surface area contributed by atoms with E-state index in [0.29, 0.717) is 0 Å². The maximum absolute atomic E-state index is 11.8. The fraction of sp³-hybridized carbons (Fsp3) is 0.533. The maximum Gasteiger partial charge on any atom is 0.165 e. The van der Waals surface area contributed by atoms with Gasteiger partial charge in [0.1, 0.15) is 0 Å². The summed E-state index contributed by atoms with van der Waals surface area (Å²) >= 11 is 1.87. The van der Waals surface area contributed by atoms with E-state index >= 15 is 0 Å². The lowest BCUT2D eigenvalue weighted by Crippen LogP contribution is -2.06. The van der Waals surface area contributed by atoms with Crippen LogP contribution in [0, 0.1) is 11.8 Å². The largest absolute Gasteiger partial charge is 0.294 e. The number of benzene rings is 1. The van der Waals surface area contributed by atoms with Gasteiger partial charge < -0.3 is 0 Å². The van der Waals surface area contributed by atoms with Gasteiger partial charge in [-0.2, -0.15) is 0 Å². The topological polar surface area (TPSA) is 17.1 Å². The smallest absolute Gasteiger partial charge is 0.165 e. The Balaban J connectivity index is 2.53. The lowest BCUT2D eigenvalue weighted by Gasteiger charge is -2.06. The van der Waals surface area contributed by atoms with Crippen molar-refractivity contribution >= 4 is 17.5 Å². The van der Waals surface area contributed by atoms with Crippen LogP contribution in [0.2, 0.25) is 0 Å². The third-order valence-electron chi connectivity index (χ3n) is 2.63. The van der Waals surface area contributed by atoms with Crippen molar-refractivity contribution < 1.29 is 4.79 Å². The molecule has 0 aliphatic carbocycles. The van der Waals surface area contributed by atoms with Crippen molar-refractivity contribution in [3.05, 3.63) is 29.8 Å². The van der Waals surface area contributed by atoms with Crippen LogP contribution in [-0.4, -0.2) is 11.5 Å². The number of Topliss-reactive ketones (excluding diaryl/α,β-unsaturated/α-hetero) is 1. The van der Waals surface area contributed by atoms with Crippen LogP contribution in [0.15, 0.2) is 29.2 Å². The maximum atomic E-state index is 11.8. The zero-order valence-electron chi connectivity index (χ0n) is 11.2. The molecule has 0 saturated carbocycles. The van der Waals surface area contributed by atoms with Gasteiger partial charge in [0, 0.05) is 16.4 Å². The highest BCUT2D eigenvalue weighted by molar-refractivity contribution is 7.99. The number of thioether (sulfide) groups is 1. The normalized spacial score (nSPS) is 11.2. The summed E-state index contributed by atoms with van der Waals surface area (Å²) in [6, 6.07) is 8.00. The summed E-state index contributed by atoms with van der Waals surface area (Å²) in [6.45, 7) is 8.36. The molecular formula is C15H22OS. The molecule has 94 valence electrons. The van der Waals surface area contributed by atoms with E-state index in [1.165, 1.54) is 11.3 Å². The number of carbonyl (C=O) groups is 1. The fourth-order valence-corrected chi connectivity index (χ4v) is 2.61. The molecule has 0 aliphatic rings. The monoisotopic (exact) mass is 250 g/mol. The Labute approximate surface area is 109 Å². The molecule has 0 atom stereocenters. The van der Waals surface area contributed by atoms with Crippen LogP contribution >= 0.6 is 11.8 Å². The quantitative estimate of drug-likeness (QED) is 0.539. The molecule has 2 heteroatoms. The molecule has 0 heterocycles. The third kappa shape index (κ3) is 4.95. The van der Waals surface area contributed by atoms with Gasteiger partial charge in [-0.3, -0.25) is 4.79 Å². The first-order valence-corrected chi connectivity index (χ1v) is 7.26. The Morgan fingerprint density at radius 1 is 1.12 bits per heavy atom. The van der Waals surface area contributed by atoms with Gasteiger partial charge in [-0.1, -0.05) is 39.8 Å². The van der Waals surface area contributed by atoms with Crippen molar-refractivity contribution in [3.63, 3.8) is 0 Å². The number of hydrogen-bond donors (Lipinski definition) is 0. The van der Waals surface area contributed by atoms with Crippen molar-refractivity contribution in [1.29, 1.82) is 0 Å². The van der Waals surface area contributed by atoms with Gasteiger partial charge in [0.2, 0.25) is 0 Å². The van der Waals surface area contributed by atoms with Crippen LogP contribution in [0.3, 0.4) is 0 Å². The summed E-state index contributed by atoms with van der Waals surface area (Å²) < 4.78 is 0. The molecule has 0 bridgehead atoms. The van der Waals surface area contributed by atoms with Gasteiger partial charge >= 0.3 is 0 Å². The first-order chi connectivity index (χ1) is 8.00. The standard InChI is InChI=1S/C15H22OS/c1-11(2)9-10-17-14-7-5-13(6-8-14)15(16)12(3)4/h5-8,11-12H,9-10H2,1-4H3. The van der Waals surface area contributed by atoms with Gasteiger partial charge in [-0.25, -0.2) is 0 Å². The van der Waals surface area contributed by atoms with Gasteiger partial charge in [-0.15, -0.1) is 11.8 Å². The predicted molar refractivity (Wildman–Crippen MR) is 75.8 cm³/mol. The summed E-state index contributed by atoms with van der Waals surface area (Å²) in [4.78, 5) is 13.0. The summed E-state index contributed by atoms with van der Waals surface area (Å²) in [5, 5.41) is 0.